The second kappa shape index (κ2) is 3.89. The van der Waals surface area contributed by atoms with Crippen molar-refractivity contribution >= 4 is 33.2 Å². The molecule has 0 radical (unpaired) electrons. The lowest BCUT2D eigenvalue weighted by atomic mass is 10.4. The minimum absolute atomic E-state index is 0.337. The van der Waals surface area contributed by atoms with E-state index in [1.807, 2.05) is 0 Å². The Morgan fingerprint density at radius 3 is 2.71 bits per heavy atom. The Kier molecular flexibility index (Phi) is 3.03. The topological polar surface area (TPSA) is 72.2 Å². The minimum Gasteiger partial charge on any atom is -0.351 e. The largest absolute Gasteiger partial charge is 0.351 e. The molecule has 0 bridgehead atoms. The molecule has 0 aliphatic carbocycles. The van der Waals surface area contributed by atoms with Crippen LogP contribution in [0.1, 0.15) is 0 Å². The normalized spacial score (nSPS) is 14.4. The number of halogens is 1. The number of nitrogens with one attached hydrogen (secondary N) is 1. The standard InChI is InChI=1S/C8H9ClN2O2S/c1-14(13,11-8(10)12)7-4-2-3-6(9)5-7/h2-5H,1H2,(H3,10,11,12,13). The highest BCUT2D eigenvalue weighted by molar-refractivity contribution is 7.99. The molecule has 0 saturated carbocycles. The zero-order chi connectivity index (χ0) is 10.8. The molecule has 0 fully saturated rings. The van der Waals surface area contributed by atoms with Crippen molar-refractivity contribution in [2.24, 2.45) is 5.73 Å². The van der Waals surface area contributed by atoms with E-state index < -0.39 is 15.7 Å². The van der Waals surface area contributed by atoms with Gasteiger partial charge in [-0.3, -0.25) is 4.72 Å². The molecular formula is C8H9ClN2O2S. The average molecular weight is 233 g/mol. The van der Waals surface area contributed by atoms with Gasteiger partial charge in [0, 0.05) is 5.02 Å². The molecule has 14 heavy (non-hydrogen) atoms. The van der Waals surface area contributed by atoms with Crippen LogP contribution in [-0.2, 0) is 9.71 Å². The lowest BCUT2D eigenvalue weighted by Gasteiger charge is -2.09. The Hall–Kier alpha value is -1.20. The lowest BCUT2D eigenvalue weighted by molar-refractivity contribution is 0.254. The number of urea groups is 1. The fraction of sp³-hybridized carbons (Fsp3) is 0. The van der Waals surface area contributed by atoms with Crippen molar-refractivity contribution in [1.29, 1.82) is 0 Å². The van der Waals surface area contributed by atoms with Crippen molar-refractivity contribution in [2.45, 2.75) is 4.90 Å². The third kappa shape index (κ3) is 2.65. The van der Waals surface area contributed by atoms with Gasteiger partial charge in [-0.1, -0.05) is 17.7 Å². The second-order valence-corrected chi connectivity index (χ2v) is 5.06. The molecule has 0 heterocycles. The van der Waals surface area contributed by atoms with E-state index >= 15 is 0 Å². The van der Waals surface area contributed by atoms with Crippen molar-refractivity contribution in [3.05, 3.63) is 29.3 Å². The Labute approximate surface area is 87.2 Å². The van der Waals surface area contributed by atoms with Crippen molar-refractivity contribution in [3.8, 4) is 0 Å². The first-order chi connectivity index (χ1) is 6.42. The van der Waals surface area contributed by atoms with E-state index in [2.05, 4.69) is 10.6 Å². The van der Waals surface area contributed by atoms with E-state index in [4.69, 9.17) is 17.3 Å². The van der Waals surface area contributed by atoms with Gasteiger partial charge in [-0.05, 0) is 24.1 Å². The first kappa shape index (κ1) is 10.9. The molecule has 6 heteroatoms. The van der Waals surface area contributed by atoms with Crippen molar-refractivity contribution < 1.29 is 9.00 Å². The average Bonchev–Trinajstić information content (AvgIpc) is 2.01. The van der Waals surface area contributed by atoms with Gasteiger partial charge in [0.25, 0.3) is 0 Å². The van der Waals surface area contributed by atoms with Crippen molar-refractivity contribution in [1.82, 2.24) is 4.72 Å². The number of nitrogens with two attached hydrogens (primary N) is 1. The van der Waals surface area contributed by atoms with Gasteiger partial charge in [0.2, 0.25) is 0 Å². The number of hydrogen-bond donors (Lipinski definition) is 2. The molecule has 3 N–H and O–H groups in total. The monoisotopic (exact) mass is 232 g/mol. The molecule has 76 valence electrons. The molecule has 4 nitrogen and oxygen atoms in total. The summed E-state index contributed by atoms with van der Waals surface area (Å²) in [6.45, 7) is 0. The summed E-state index contributed by atoms with van der Waals surface area (Å²) in [5.74, 6) is 3.38. The van der Waals surface area contributed by atoms with Crippen molar-refractivity contribution in [2.75, 3.05) is 0 Å². The van der Waals surface area contributed by atoms with Gasteiger partial charge >= 0.3 is 6.03 Å². The van der Waals surface area contributed by atoms with Gasteiger partial charge in [0.1, 0.15) is 0 Å². The molecule has 1 unspecified atom stereocenters. The first-order valence-corrected chi connectivity index (χ1v) is 5.72. The van der Waals surface area contributed by atoms with Crippen LogP contribution in [0.25, 0.3) is 0 Å². The number of benzene rings is 1. The number of hydrogen-bond acceptors (Lipinski definition) is 2. The minimum atomic E-state index is -2.89. The zero-order valence-corrected chi connectivity index (χ0v) is 8.77. The molecule has 0 spiro atoms. The van der Waals surface area contributed by atoms with E-state index in [1.54, 1.807) is 18.2 Å². The third-order valence-electron chi connectivity index (χ3n) is 1.44. The van der Waals surface area contributed by atoms with Crippen LogP contribution in [-0.4, -0.2) is 16.1 Å². The summed E-state index contributed by atoms with van der Waals surface area (Å²) < 4.78 is 13.8. The van der Waals surface area contributed by atoms with E-state index in [9.17, 15) is 9.00 Å². The van der Waals surface area contributed by atoms with Crippen molar-refractivity contribution in [3.63, 3.8) is 0 Å². The van der Waals surface area contributed by atoms with Crippen LogP contribution in [0.15, 0.2) is 29.2 Å². The molecule has 0 aliphatic heterocycles. The van der Waals surface area contributed by atoms with E-state index in [0.717, 1.165) is 0 Å². The number of amides is 2. The maximum Gasteiger partial charge on any atom is 0.323 e. The Morgan fingerprint density at radius 1 is 1.57 bits per heavy atom. The van der Waals surface area contributed by atoms with Gasteiger partial charge in [0.05, 0.1) is 14.6 Å². The maximum absolute atomic E-state index is 11.8. The highest BCUT2D eigenvalue weighted by Gasteiger charge is 2.09. The summed E-state index contributed by atoms with van der Waals surface area (Å²) in [7, 11) is -2.89. The predicted molar refractivity (Wildman–Crippen MR) is 57.7 cm³/mol. The molecule has 2 amide bonds. The van der Waals surface area contributed by atoms with Crippen LogP contribution in [0.2, 0.25) is 5.02 Å². The molecule has 0 saturated heterocycles. The van der Waals surface area contributed by atoms with E-state index in [1.165, 1.54) is 6.07 Å². The van der Waals surface area contributed by atoms with Crippen LogP contribution in [0.4, 0.5) is 4.79 Å². The van der Waals surface area contributed by atoms with Gasteiger partial charge in [-0.25, -0.2) is 9.00 Å². The molecule has 0 aliphatic rings. The lowest BCUT2D eigenvalue weighted by Crippen LogP contribution is -2.34. The molecule has 1 rings (SSSR count). The molecule has 1 atom stereocenters. The summed E-state index contributed by atoms with van der Waals surface area (Å²) in [4.78, 5) is 10.9. The summed E-state index contributed by atoms with van der Waals surface area (Å²) in [6.07, 6.45) is 0. The van der Waals surface area contributed by atoms with Gasteiger partial charge in [-0.15, -0.1) is 0 Å². The Bertz CT molecular complexity index is 456. The number of primary amides is 1. The summed E-state index contributed by atoms with van der Waals surface area (Å²) in [5.41, 5.74) is 4.85. The van der Waals surface area contributed by atoms with Crippen LogP contribution in [0.5, 0.6) is 0 Å². The van der Waals surface area contributed by atoms with E-state index in [0.29, 0.717) is 9.92 Å². The summed E-state index contributed by atoms with van der Waals surface area (Å²) >= 11 is 5.69. The second-order valence-electron chi connectivity index (χ2n) is 2.60. The number of carbonyl (C=O) groups is 1. The summed E-state index contributed by atoms with van der Waals surface area (Å²) in [5, 5.41) is 0.421. The van der Waals surface area contributed by atoms with Crippen LogP contribution in [0.3, 0.4) is 0 Å². The quantitative estimate of drug-likeness (QED) is 0.747. The molecule has 0 aromatic heterocycles. The Morgan fingerprint density at radius 2 is 2.21 bits per heavy atom. The zero-order valence-electron chi connectivity index (χ0n) is 7.20. The van der Waals surface area contributed by atoms with Crippen LogP contribution in [0, 0.1) is 0 Å². The fourth-order valence-electron chi connectivity index (χ4n) is 0.894. The highest BCUT2D eigenvalue weighted by atomic mass is 35.5. The predicted octanol–water partition coefficient (Wildman–Crippen LogP) is 0.999. The van der Waals surface area contributed by atoms with Gasteiger partial charge < -0.3 is 5.73 Å². The number of carbonyl (C=O) groups excluding carboxylic acids is 1. The smallest absolute Gasteiger partial charge is 0.323 e. The number of rotatable bonds is 2. The third-order valence-corrected chi connectivity index (χ3v) is 3.22. The molecule has 1 aromatic rings. The van der Waals surface area contributed by atoms with E-state index in [-0.39, 0.29) is 0 Å². The van der Waals surface area contributed by atoms with Gasteiger partial charge in [0.15, 0.2) is 0 Å². The SMILES string of the molecule is C=S(=O)(NC(N)=O)c1cccc(Cl)c1. The van der Waals surface area contributed by atoms with Crippen LogP contribution >= 0.6 is 11.6 Å². The summed E-state index contributed by atoms with van der Waals surface area (Å²) in [6, 6.07) is 5.38. The molecular weight excluding hydrogens is 224 g/mol. The highest BCUT2D eigenvalue weighted by Crippen LogP contribution is 2.14. The Balaban J connectivity index is 3.11. The first-order valence-electron chi connectivity index (χ1n) is 3.62. The fourth-order valence-corrected chi connectivity index (χ4v) is 2.21. The maximum atomic E-state index is 11.8. The molecule has 1 aromatic carbocycles. The van der Waals surface area contributed by atoms with Crippen LogP contribution < -0.4 is 10.5 Å². The van der Waals surface area contributed by atoms with Gasteiger partial charge in [-0.2, -0.15) is 0 Å².